The molecule has 0 bridgehead atoms. The van der Waals surface area contributed by atoms with Crippen LogP contribution < -0.4 is 10.6 Å². The molecule has 2 aromatic carbocycles. The number of nitrogens with zero attached hydrogens (tertiary/aromatic N) is 1. The number of thioether (sulfide) groups is 1. The van der Waals surface area contributed by atoms with Gasteiger partial charge in [0.2, 0.25) is 5.91 Å². The molecule has 34 heavy (non-hydrogen) atoms. The molecular formula is C24H21Cl2N3O4S. The van der Waals surface area contributed by atoms with Crippen molar-refractivity contribution in [2.45, 2.75) is 18.9 Å². The molecule has 2 amide bonds. The lowest BCUT2D eigenvalue weighted by Gasteiger charge is -2.11. The van der Waals surface area contributed by atoms with Crippen molar-refractivity contribution in [3.63, 3.8) is 0 Å². The number of nitrogens with one attached hydrogen (secondary N) is 2. The maximum absolute atomic E-state index is 12.6. The predicted octanol–water partition coefficient (Wildman–Crippen LogP) is 5.53. The van der Waals surface area contributed by atoms with Crippen LogP contribution in [0.3, 0.4) is 0 Å². The Labute approximate surface area is 211 Å². The van der Waals surface area contributed by atoms with Crippen LogP contribution in [0.2, 0.25) is 10.0 Å². The summed E-state index contributed by atoms with van der Waals surface area (Å²) in [7, 11) is 0. The number of pyridine rings is 1. The zero-order chi connectivity index (χ0) is 24.7. The standard InChI is InChI=1S/C24H21Cl2N3O4S/c1-14-5-7-16(25)10-19(14)28-21(30)12-33-24(32)18-4-3-9-27-23(18)34-13-22(31)29-20-11-17(26)8-6-15(20)2/h3-11H,12-13H2,1-2H3,(H,28,30)(H,29,31). The van der Waals surface area contributed by atoms with Crippen LogP contribution >= 0.6 is 35.0 Å². The maximum atomic E-state index is 12.6. The van der Waals surface area contributed by atoms with Crippen molar-refractivity contribution in [3.05, 3.63) is 81.5 Å². The van der Waals surface area contributed by atoms with E-state index in [1.165, 1.54) is 12.3 Å². The van der Waals surface area contributed by atoms with Crippen molar-refractivity contribution in [2.24, 2.45) is 0 Å². The van der Waals surface area contributed by atoms with Gasteiger partial charge in [-0.15, -0.1) is 0 Å². The van der Waals surface area contributed by atoms with Gasteiger partial charge in [-0.25, -0.2) is 9.78 Å². The quantitative estimate of drug-likeness (QED) is 0.301. The number of aromatic nitrogens is 1. The summed E-state index contributed by atoms with van der Waals surface area (Å²) in [5.41, 5.74) is 3.00. The lowest BCUT2D eigenvalue weighted by Crippen LogP contribution is -2.22. The third-order valence-electron chi connectivity index (χ3n) is 4.61. The maximum Gasteiger partial charge on any atom is 0.341 e. The minimum Gasteiger partial charge on any atom is -0.452 e. The van der Waals surface area contributed by atoms with Crippen LogP contribution in [0, 0.1) is 13.8 Å². The number of aryl methyl sites for hydroxylation is 2. The SMILES string of the molecule is Cc1ccc(Cl)cc1NC(=O)COC(=O)c1cccnc1SCC(=O)Nc1cc(Cl)ccc1C. The van der Waals surface area contributed by atoms with Crippen molar-refractivity contribution in [1.29, 1.82) is 0 Å². The highest BCUT2D eigenvalue weighted by Crippen LogP contribution is 2.24. The van der Waals surface area contributed by atoms with E-state index in [1.807, 2.05) is 19.9 Å². The molecule has 3 rings (SSSR count). The lowest BCUT2D eigenvalue weighted by molar-refractivity contribution is -0.119. The summed E-state index contributed by atoms with van der Waals surface area (Å²) in [6, 6.07) is 13.4. The van der Waals surface area contributed by atoms with Crippen LogP contribution in [-0.2, 0) is 14.3 Å². The fourth-order valence-electron chi connectivity index (χ4n) is 2.83. The van der Waals surface area contributed by atoms with E-state index in [2.05, 4.69) is 15.6 Å². The van der Waals surface area contributed by atoms with E-state index in [4.69, 9.17) is 27.9 Å². The van der Waals surface area contributed by atoms with Crippen LogP contribution in [0.5, 0.6) is 0 Å². The zero-order valence-corrected chi connectivity index (χ0v) is 20.7. The van der Waals surface area contributed by atoms with Crippen molar-refractivity contribution >= 4 is 64.1 Å². The molecule has 0 radical (unpaired) electrons. The molecule has 0 atom stereocenters. The minimum atomic E-state index is -0.723. The summed E-state index contributed by atoms with van der Waals surface area (Å²) in [6.07, 6.45) is 1.51. The molecular weight excluding hydrogens is 497 g/mol. The summed E-state index contributed by atoms with van der Waals surface area (Å²) in [6.45, 7) is 3.19. The normalized spacial score (nSPS) is 10.5. The average Bonchev–Trinajstić information content (AvgIpc) is 2.81. The van der Waals surface area contributed by atoms with Crippen molar-refractivity contribution < 1.29 is 19.1 Å². The second kappa shape index (κ2) is 11.9. The number of benzene rings is 2. The van der Waals surface area contributed by atoms with Gasteiger partial charge in [-0.05, 0) is 61.4 Å². The Balaban J connectivity index is 1.57. The molecule has 0 saturated heterocycles. The first kappa shape index (κ1) is 25.6. The number of carbonyl (C=O) groups excluding carboxylic acids is 3. The van der Waals surface area contributed by atoms with Crippen LogP contribution in [0.25, 0.3) is 0 Å². The molecule has 0 saturated carbocycles. The van der Waals surface area contributed by atoms with Gasteiger partial charge in [-0.1, -0.05) is 47.1 Å². The number of halogens is 2. The summed E-state index contributed by atoms with van der Waals surface area (Å²) < 4.78 is 5.15. The van der Waals surface area contributed by atoms with E-state index in [1.54, 1.807) is 36.4 Å². The van der Waals surface area contributed by atoms with Crippen LogP contribution in [0.1, 0.15) is 21.5 Å². The highest BCUT2D eigenvalue weighted by molar-refractivity contribution is 8.00. The first-order valence-corrected chi connectivity index (χ1v) is 11.8. The van der Waals surface area contributed by atoms with Gasteiger partial charge in [0.05, 0.1) is 11.3 Å². The van der Waals surface area contributed by atoms with Gasteiger partial charge in [-0.2, -0.15) is 0 Å². The van der Waals surface area contributed by atoms with E-state index in [9.17, 15) is 14.4 Å². The monoisotopic (exact) mass is 517 g/mol. The molecule has 0 aliphatic heterocycles. The third kappa shape index (κ3) is 7.21. The Morgan fingerprint density at radius 1 is 0.912 bits per heavy atom. The second-order valence-electron chi connectivity index (χ2n) is 7.24. The molecule has 3 aromatic rings. The number of amides is 2. The molecule has 1 heterocycles. The summed E-state index contributed by atoms with van der Waals surface area (Å²) >= 11 is 13.0. The van der Waals surface area contributed by atoms with Gasteiger partial charge in [-0.3, -0.25) is 9.59 Å². The number of rotatable bonds is 8. The average molecular weight is 518 g/mol. The van der Waals surface area contributed by atoms with Crippen LogP contribution in [0.4, 0.5) is 11.4 Å². The molecule has 7 nitrogen and oxygen atoms in total. The Morgan fingerprint density at radius 3 is 2.12 bits per heavy atom. The number of esters is 1. The number of hydrogen-bond donors (Lipinski definition) is 2. The van der Waals surface area contributed by atoms with E-state index < -0.39 is 18.5 Å². The van der Waals surface area contributed by atoms with E-state index in [0.29, 0.717) is 26.4 Å². The fourth-order valence-corrected chi connectivity index (χ4v) is 3.96. The van der Waals surface area contributed by atoms with Crippen molar-refractivity contribution in [2.75, 3.05) is 23.0 Å². The van der Waals surface area contributed by atoms with Gasteiger partial charge in [0.1, 0.15) is 5.03 Å². The van der Waals surface area contributed by atoms with Crippen LogP contribution in [-0.4, -0.2) is 35.1 Å². The molecule has 0 aliphatic rings. The minimum absolute atomic E-state index is 0.0117. The first-order valence-electron chi connectivity index (χ1n) is 10.1. The predicted molar refractivity (Wildman–Crippen MR) is 135 cm³/mol. The Hall–Kier alpha value is -3.07. The van der Waals surface area contributed by atoms with E-state index >= 15 is 0 Å². The molecule has 0 spiro atoms. The molecule has 2 N–H and O–H groups in total. The molecule has 0 unspecified atom stereocenters. The number of anilines is 2. The van der Waals surface area contributed by atoms with Crippen molar-refractivity contribution in [1.82, 2.24) is 4.98 Å². The Bertz CT molecular complexity index is 1240. The zero-order valence-electron chi connectivity index (χ0n) is 18.4. The van der Waals surface area contributed by atoms with Gasteiger partial charge in [0.15, 0.2) is 6.61 Å². The third-order valence-corrected chi connectivity index (χ3v) is 6.09. The van der Waals surface area contributed by atoms with E-state index in [-0.39, 0.29) is 17.2 Å². The Morgan fingerprint density at radius 2 is 1.50 bits per heavy atom. The van der Waals surface area contributed by atoms with E-state index in [0.717, 1.165) is 22.9 Å². The van der Waals surface area contributed by atoms with Crippen LogP contribution in [0.15, 0.2) is 59.8 Å². The largest absolute Gasteiger partial charge is 0.452 e. The summed E-state index contributed by atoms with van der Waals surface area (Å²) in [5.74, 6) is -1.50. The Kier molecular flexibility index (Phi) is 8.92. The number of hydrogen-bond acceptors (Lipinski definition) is 6. The van der Waals surface area contributed by atoms with Crippen molar-refractivity contribution in [3.8, 4) is 0 Å². The molecule has 176 valence electrons. The first-order chi connectivity index (χ1) is 16.2. The highest BCUT2D eigenvalue weighted by Gasteiger charge is 2.17. The lowest BCUT2D eigenvalue weighted by atomic mass is 10.2. The fraction of sp³-hybridized carbons (Fsp3) is 0.167. The molecule has 10 heteroatoms. The molecule has 0 aliphatic carbocycles. The number of carbonyl (C=O) groups is 3. The van der Waals surface area contributed by atoms with Gasteiger partial charge in [0.25, 0.3) is 5.91 Å². The summed E-state index contributed by atoms with van der Waals surface area (Å²) in [5, 5.41) is 6.76. The molecule has 1 aromatic heterocycles. The topological polar surface area (TPSA) is 97.4 Å². The second-order valence-corrected chi connectivity index (χ2v) is 9.07. The van der Waals surface area contributed by atoms with Gasteiger partial charge < -0.3 is 15.4 Å². The highest BCUT2D eigenvalue weighted by atomic mass is 35.5. The van der Waals surface area contributed by atoms with Gasteiger partial charge >= 0.3 is 5.97 Å². The van der Waals surface area contributed by atoms with Gasteiger partial charge in [0, 0.05) is 27.6 Å². The summed E-state index contributed by atoms with van der Waals surface area (Å²) in [4.78, 5) is 41.4. The molecule has 0 fully saturated rings. The smallest absolute Gasteiger partial charge is 0.341 e. The number of ether oxygens (including phenoxy) is 1.